The van der Waals surface area contributed by atoms with Gasteiger partial charge in [0, 0.05) is 5.56 Å². The van der Waals surface area contributed by atoms with Crippen LogP contribution >= 0.6 is 0 Å². The van der Waals surface area contributed by atoms with Crippen LogP contribution in [0.25, 0.3) is 0 Å². The highest BCUT2D eigenvalue weighted by Crippen LogP contribution is 2.29. The lowest BCUT2D eigenvalue weighted by Gasteiger charge is -2.21. The van der Waals surface area contributed by atoms with Crippen molar-refractivity contribution in [2.45, 2.75) is 31.1 Å². The Morgan fingerprint density at radius 2 is 1.50 bits per heavy atom. The molecular weight excluding hydrogens is 238 g/mol. The van der Waals surface area contributed by atoms with Crippen LogP contribution in [0.4, 0.5) is 8.78 Å². The lowest BCUT2D eigenvalue weighted by molar-refractivity contribution is 0.450. The Hall–Kier alpha value is -1.01. The van der Waals surface area contributed by atoms with E-state index in [9.17, 15) is 21.8 Å². The first kappa shape index (κ1) is 13.1. The first-order valence-corrected chi connectivity index (χ1v) is 5.90. The van der Waals surface area contributed by atoms with Gasteiger partial charge in [0.2, 0.25) is 0 Å². The van der Waals surface area contributed by atoms with Crippen LogP contribution in [0, 0.1) is 11.6 Å². The predicted octanol–water partition coefficient (Wildman–Crippen LogP) is 2.17. The Kier molecular flexibility index (Phi) is 3.08. The number of benzene rings is 1. The normalized spacial score (nSPS) is 12.9. The summed E-state index contributed by atoms with van der Waals surface area (Å²) in [6, 6.07) is 1.10. The Labute approximate surface area is 92.9 Å². The van der Waals surface area contributed by atoms with Gasteiger partial charge in [-0.15, -0.1) is 0 Å². The van der Waals surface area contributed by atoms with E-state index in [1.54, 1.807) is 20.8 Å². The van der Waals surface area contributed by atoms with E-state index in [2.05, 4.69) is 0 Å². The minimum absolute atomic E-state index is 0.236. The van der Waals surface area contributed by atoms with Gasteiger partial charge < -0.3 is 4.55 Å². The van der Waals surface area contributed by atoms with Crippen LogP contribution in [0.2, 0.25) is 0 Å². The summed E-state index contributed by atoms with van der Waals surface area (Å²) < 4.78 is 58.8. The van der Waals surface area contributed by atoms with Crippen LogP contribution in [-0.2, 0) is 15.5 Å². The number of hydrogen-bond donors (Lipinski definition) is 0. The minimum atomic E-state index is -4.84. The van der Waals surface area contributed by atoms with E-state index in [-0.39, 0.29) is 5.56 Å². The number of halogens is 2. The third kappa shape index (κ3) is 2.56. The van der Waals surface area contributed by atoms with Crippen molar-refractivity contribution in [1.82, 2.24) is 0 Å². The van der Waals surface area contributed by atoms with E-state index in [1.165, 1.54) is 0 Å². The monoisotopic (exact) mass is 249 g/mol. The molecule has 90 valence electrons. The Balaban J connectivity index is 3.53. The first-order chi connectivity index (χ1) is 7.03. The fraction of sp³-hybridized carbons (Fsp3) is 0.400. The van der Waals surface area contributed by atoms with E-state index in [1.807, 2.05) is 0 Å². The van der Waals surface area contributed by atoms with Crippen molar-refractivity contribution in [3.05, 3.63) is 29.3 Å². The Bertz CT molecular complexity index is 492. The van der Waals surface area contributed by atoms with Gasteiger partial charge in [0.25, 0.3) is 0 Å². The van der Waals surface area contributed by atoms with Gasteiger partial charge >= 0.3 is 0 Å². The Morgan fingerprint density at radius 1 is 1.12 bits per heavy atom. The molecule has 0 N–H and O–H groups in total. The smallest absolute Gasteiger partial charge is 0.131 e. The fourth-order valence-corrected chi connectivity index (χ4v) is 1.91. The van der Waals surface area contributed by atoms with Crippen LogP contribution in [0.5, 0.6) is 0 Å². The van der Waals surface area contributed by atoms with Gasteiger partial charge in [0.15, 0.2) is 0 Å². The average Bonchev–Trinajstić information content (AvgIpc) is 1.97. The van der Waals surface area contributed by atoms with Crippen molar-refractivity contribution in [2.24, 2.45) is 0 Å². The maximum Gasteiger partial charge on any atom is 0.131 e. The first-order valence-electron chi connectivity index (χ1n) is 4.49. The van der Waals surface area contributed by atoms with E-state index < -0.39 is 32.1 Å². The lowest BCUT2D eigenvalue weighted by atomic mass is 9.86. The molecule has 0 atom stereocenters. The highest BCUT2D eigenvalue weighted by molar-refractivity contribution is 7.85. The van der Waals surface area contributed by atoms with Gasteiger partial charge in [-0.3, -0.25) is 0 Å². The molecule has 0 aliphatic heterocycles. The fourth-order valence-electron chi connectivity index (χ4n) is 1.41. The van der Waals surface area contributed by atoms with Crippen LogP contribution in [0.1, 0.15) is 26.3 Å². The van der Waals surface area contributed by atoms with Crippen LogP contribution < -0.4 is 0 Å². The van der Waals surface area contributed by atoms with Gasteiger partial charge in [0.1, 0.15) is 21.8 Å². The molecule has 3 nitrogen and oxygen atoms in total. The minimum Gasteiger partial charge on any atom is -0.744 e. The zero-order valence-electron chi connectivity index (χ0n) is 9.04. The molecule has 0 fully saturated rings. The Morgan fingerprint density at radius 3 is 1.75 bits per heavy atom. The summed E-state index contributed by atoms with van der Waals surface area (Å²) in [6.07, 6.45) is 0. The van der Waals surface area contributed by atoms with Gasteiger partial charge in [0.05, 0.1) is 4.90 Å². The second-order valence-electron chi connectivity index (χ2n) is 4.47. The number of hydrogen-bond acceptors (Lipinski definition) is 3. The molecule has 0 aliphatic carbocycles. The summed E-state index contributed by atoms with van der Waals surface area (Å²) >= 11 is 0. The van der Waals surface area contributed by atoms with E-state index >= 15 is 0 Å². The second-order valence-corrected chi connectivity index (χ2v) is 5.85. The highest BCUT2D eigenvalue weighted by Gasteiger charge is 2.24. The van der Waals surface area contributed by atoms with Crippen molar-refractivity contribution in [3.8, 4) is 0 Å². The average molecular weight is 249 g/mol. The van der Waals surface area contributed by atoms with Crippen molar-refractivity contribution in [1.29, 1.82) is 0 Å². The van der Waals surface area contributed by atoms with Gasteiger partial charge in [-0.1, -0.05) is 20.8 Å². The van der Waals surface area contributed by atoms with Gasteiger partial charge in [-0.2, -0.15) is 0 Å². The second kappa shape index (κ2) is 3.78. The van der Waals surface area contributed by atoms with E-state index in [0.29, 0.717) is 12.1 Å². The molecule has 1 aromatic rings. The molecular formula is C10H11F2O3S-. The zero-order valence-corrected chi connectivity index (χ0v) is 9.86. The molecule has 0 spiro atoms. The molecule has 16 heavy (non-hydrogen) atoms. The van der Waals surface area contributed by atoms with Crippen molar-refractivity contribution >= 4 is 10.1 Å². The summed E-state index contributed by atoms with van der Waals surface area (Å²) in [5.41, 5.74) is -1.04. The molecule has 0 saturated heterocycles. The molecule has 1 rings (SSSR count). The topological polar surface area (TPSA) is 57.2 Å². The van der Waals surface area contributed by atoms with Gasteiger partial charge in [-0.05, 0) is 17.5 Å². The van der Waals surface area contributed by atoms with Crippen molar-refractivity contribution < 1.29 is 21.8 Å². The van der Waals surface area contributed by atoms with Crippen LogP contribution in [-0.4, -0.2) is 13.0 Å². The van der Waals surface area contributed by atoms with Crippen molar-refractivity contribution in [3.63, 3.8) is 0 Å². The molecule has 0 unspecified atom stereocenters. The van der Waals surface area contributed by atoms with Crippen molar-refractivity contribution in [2.75, 3.05) is 0 Å². The predicted molar refractivity (Wildman–Crippen MR) is 53.0 cm³/mol. The maximum absolute atomic E-state index is 13.5. The quantitative estimate of drug-likeness (QED) is 0.717. The standard InChI is InChI=1S/C10H12F2O3S/c1-10(2,3)9-7(11)4-6(5-8(9)12)16(13,14)15/h4-5H,1-3H3,(H,13,14,15)/p-1. The van der Waals surface area contributed by atoms with Gasteiger partial charge in [-0.25, -0.2) is 17.2 Å². The molecule has 0 amide bonds. The number of rotatable bonds is 1. The zero-order chi connectivity index (χ0) is 12.7. The molecule has 6 heteroatoms. The molecule has 1 aromatic carbocycles. The third-order valence-corrected chi connectivity index (χ3v) is 2.87. The molecule has 0 saturated carbocycles. The maximum atomic E-state index is 13.5. The summed E-state index contributed by atoms with van der Waals surface area (Å²) in [7, 11) is -4.84. The van der Waals surface area contributed by atoms with E-state index in [0.717, 1.165) is 0 Å². The van der Waals surface area contributed by atoms with Crippen LogP contribution in [0.3, 0.4) is 0 Å². The summed E-state index contributed by atoms with van der Waals surface area (Å²) in [6.45, 7) is 4.75. The van der Waals surface area contributed by atoms with E-state index in [4.69, 9.17) is 0 Å². The highest BCUT2D eigenvalue weighted by atomic mass is 32.2. The molecule has 0 bridgehead atoms. The largest absolute Gasteiger partial charge is 0.744 e. The summed E-state index contributed by atoms with van der Waals surface area (Å²) in [4.78, 5) is -0.893. The third-order valence-electron chi connectivity index (χ3n) is 2.05. The summed E-state index contributed by atoms with van der Waals surface area (Å²) in [5.74, 6) is -2.05. The van der Waals surface area contributed by atoms with Crippen LogP contribution in [0.15, 0.2) is 17.0 Å². The SMILES string of the molecule is CC(C)(C)c1c(F)cc(S(=O)(=O)[O-])cc1F. The molecule has 0 aliphatic rings. The summed E-state index contributed by atoms with van der Waals surface area (Å²) in [5, 5.41) is 0. The lowest BCUT2D eigenvalue weighted by Crippen LogP contribution is -2.17. The molecule has 0 heterocycles. The molecule has 0 aromatic heterocycles. The molecule has 0 radical (unpaired) electrons.